The van der Waals surface area contributed by atoms with Crippen LogP contribution in [-0.4, -0.2) is 6.54 Å². The smallest absolute Gasteiger partial charge is 0.128 e. The number of aryl methyl sites for hydroxylation is 1. The van der Waals surface area contributed by atoms with E-state index in [2.05, 4.69) is 30.4 Å². The van der Waals surface area contributed by atoms with Gasteiger partial charge in [0, 0.05) is 12.1 Å². The van der Waals surface area contributed by atoms with Gasteiger partial charge in [-0.1, -0.05) is 43.3 Å². The zero-order chi connectivity index (χ0) is 13.2. The zero-order valence-electron chi connectivity index (χ0n) is 11.1. The molecule has 2 heteroatoms. The first-order chi connectivity index (χ1) is 9.29. The molecule has 0 spiro atoms. The van der Waals surface area contributed by atoms with E-state index in [0.717, 1.165) is 24.9 Å². The van der Waals surface area contributed by atoms with Crippen LogP contribution in [0.15, 0.2) is 42.5 Å². The van der Waals surface area contributed by atoms with E-state index in [1.165, 1.54) is 22.8 Å². The number of hydrogen-bond acceptors (Lipinski definition) is 1. The highest BCUT2D eigenvalue weighted by Crippen LogP contribution is 2.30. The first-order valence-electron chi connectivity index (χ1n) is 6.89. The van der Waals surface area contributed by atoms with Crippen molar-refractivity contribution < 1.29 is 4.39 Å². The highest BCUT2D eigenvalue weighted by molar-refractivity contribution is 5.42. The van der Waals surface area contributed by atoms with Crippen molar-refractivity contribution in [1.82, 2.24) is 5.32 Å². The van der Waals surface area contributed by atoms with Crippen molar-refractivity contribution in [3.63, 3.8) is 0 Å². The summed E-state index contributed by atoms with van der Waals surface area (Å²) in [4.78, 5) is 0. The van der Waals surface area contributed by atoms with E-state index in [4.69, 9.17) is 0 Å². The van der Waals surface area contributed by atoms with Crippen LogP contribution in [0.25, 0.3) is 0 Å². The summed E-state index contributed by atoms with van der Waals surface area (Å²) in [5.41, 5.74) is 4.63. The average molecular weight is 255 g/mol. The van der Waals surface area contributed by atoms with Crippen molar-refractivity contribution in [3.05, 3.63) is 70.5 Å². The Morgan fingerprint density at radius 1 is 1.16 bits per heavy atom. The summed E-state index contributed by atoms with van der Waals surface area (Å²) in [5.74, 6) is -0.130. The van der Waals surface area contributed by atoms with Crippen molar-refractivity contribution in [2.45, 2.75) is 25.8 Å². The van der Waals surface area contributed by atoms with E-state index in [-0.39, 0.29) is 11.9 Å². The maximum absolute atomic E-state index is 14.0. The van der Waals surface area contributed by atoms with Gasteiger partial charge in [0.25, 0.3) is 0 Å². The van der Waals surface area contributed by atoms with Crippen LogP contribution < -0.4 is 5.32 Å². The van der Waals surface area contributed by atoms with Crippen LogP contribution in [0, 0.1) is 5.82 Å². The second-order valence-electron chi connectivity index (χ2n) is 5.05. The maximum atomic E-state index is 14.0. The lowest BCUT2D eigenvalue weighted by Crippen LogP contribution is -2.31. The van der Waals surface area contributed by atoms with E-state index in [1.807, 2.05) is 12.1 Å². The van der Waals surface area contributed by atoms with Crippen molar-refractivity contribution in [2.24, 2.45) is 0 Å². The molecule has 0 saturated heterocycles. The third kappa shape index (κ3) is 2.28. The number of hydrogen-bond donors (Lipinski definition) is 1. The molecular formula is C17H18FN. The van der Waals surface area contributed by atoms with Gasteiger partial charge < -0.3 is 5.32 Å². The fourth-order valence-corrected chi connectivity index (χ4v) is 2.81. The summed E-state index contributed by atoms with van der Waals surface area (Å²) in [6.45, 7) is 3.05. The molecule has 1 heterocycles. The molecule has 1 aliphatic heterocycles. The number of halogens is 1. The van der Waals surface area contributed by atoms with Gasteiger partial charge in [-0.15, -0.1) is 0 Å². The molecule has 0 aliphatic carbocycles. The molecule has 0 aromatic heterocycles. The van der Waals surface area contributed by atoms with Gasteiger partial charge in [0.1, 0.15) is 5.82 Å². The molecule has 1 N–H and O–H groups in total. The Morgan fingerprint density at radius 3 is 2.79 bits per heavy atom. The van der Waals surface area contributed by atoms with E-state index in [0.29, 0.717) is 0 Å². The van der Waals surface area contributed by atoms with Crippen LogP contribution in [0.1, 0.15) is 35.2 Å². The number of nitrogens with one attached hydrogen (secondary N) is 1. The topological polar surface area (TPSA) is 12.0 Å². The molecule has 1 aliphatic rings. The summed E-state index contributed by atoms with van der Waals surface area (Å²) in [5, 5.41) is 3.44. The van der Waals surface area contributed by atoms with Gasteiger partial charge in [-0.2, -0.15) is 0 Å². The fourth-order valence-electron chi connectivity index (χ4n) is 2.81. The minimum atomic E-state index is -0.130. The lowest BCUT2D eigenvalue weighted by Gasteiger charge is -2.28. The molecule has 0 radical (unpaired) electrons. The Morgan fingerprint density at radius 2 is 2.00 bits per heavy atom. The third-order valence-electron chi connectivity index (χ3n) is 3.89. The summed E-state index contributed by atoms with van der Waals surface area (Å²) >= 11 is 0. The lowest BCUT2D eigenvalue weighted by atomic mass is 9.88. The molecule has 98 valence electrons. The summed E-state index contributed by atoms with van der Waals surface area (Å²) in [6.07, 6.45) is 2.03. The Kier molecular flexibility index (Phi) is 3.34. The molecule has 0 saturated carbocycles. The van der Waals surface area contributed by atoms with Crippen LogP contribution >= 0.6 is 0 Å². The number of fused-ring (bicyclic) bond motifs is 1. The Bertz CT molecular complexity index is 592. The van der Waals surface area contributed by atoms with E-state index in [9.17, 15) is 4.39 Å². The van der Waals surface area contributed by atoms with Crippen LogP contribution in [0.4, 0.5) is 4.39 Å². The Labute approximate surface area is 113 Å². The monoisotopic (exact) mass is 255 g/mol. The predicted molar refractivity (Wildman–Crippen MR) is 75.8 cm³/mol. The Hall–Kier alpha value is -1.67. The maximum Gasteiger partial charge on any atom is 0.128 e. The molecule has 0 bridgehead atoms. The van der Waals surface area contributed by atoms with E-state index >= 15 is 0 Å². The second-order valence-corrected chi connectivity index (χ2v) is 5.05. The molecule has 1 atom stereocenters. The SMILES string of the molecule is CCc1ccc2c(c1)C(c1ccccc1F)NCC2. The van der Waals surface area contributed by atoms with Crippen molar-refractivity contribution in [3.8, 4) is 0 Å². The van der Waals surface area contributed by atoms with E-state index in [1.54, 1.807) is 6.07 Å². The lowest BCUT2D eigenvalue weighted by molar-refractivity contribution is 0.528. The van der Waals surface area contributed by atoms with Gasteiger partial charge in [-0.05, 0) is 35.6 Å². The molecule has 19 heavy (non-hydrogen) atoms. The fraction of sp³-hybridized carbons (Fsp3) is 0.294. The minimum absolute atomic E-state index is 0.0172. The molecule has 2 aromatic carbocycles. The Balaban J connectivity index is 2.09. The normalized spacial score (nSPS) is 18.1. The van der Waals surface area contributed by atoms with Gasteiger partial charge in [0.2, 0.25) is 0 Å². The predicted octanol–water partition coefficient (Wildman–Crippen LogP) is 3.62. The molecule has 3 rings (SSSR count). The molecule has 0 fully saturated rings. The van der Waals surface area contributed by atoms with Crippen LogP contribution in [0.3, 0.4) is 0 Å². The van der Waals surface area contributed by atoms with Gasteiger partial charge in [-0.25, -0.2) is 4.39 Å². The largest absolute Gasteiger partial charge is 0.306 e. The van der Waals surface area contributed by atoms with Gasteiger partial charge in [0.15, 0.2) is 0 Å². The second kappa shape index (κ2) is 5.14. The molecule has 1 unspecified atom stereocenters. The zero-order valence-corrected chi connectivity index (χ0v) is 11.1. The highest BCUT2D eigenvalue weighted by atomic mass is 19.1. The summed E-state index contributed by atoms with van der Waals surface area (Å²) in [6, 6.07) is 13.6. The standard InChI is InChI=1S/C17H18FN/c1-2-12-7-8-13-9-10-19-17(15(13)11-12)14-5-3-4-6-16(14)18/h3-8,11,17,19H,2,9-10H2,1H3. The molecular weight excluding hydrogens is 237 g/mol. The molecule has 1 nitrogen and oxygen atoms in total. The first-order valence-corrected chi connectivity index (χ1v) is 6.89. The van der Waals surface area contributed by atoms with Crippen molar-refractivity contribution in [1.29, 1.82) is 0 Å². The first kappa shape index (κ1) is 12.4. The number of rotatable bonds is 2. The van der Waals surface area contributed by atoms with Crippen LogP contribution in [-0.2, 0) is 12.8 Å². The highest BCUT2D eigenvalue weighted by Gasteiger charge is 2.23. The molecule has 0 amide bonds. The van der Waals surface area contributed by atoms with Crippen LogP contribution in [0.2, 0.25) is 0 Å². The average Bonchev–Trinajstić information content (AvgIpc) is 2.47. The van der Waals surface area contributed by atoms with E-state index < -0.39 is 0 Å². The van der Waals surface area contributed by atoms with Gasteiger partial charge >= 0.3 is 0 Å². The summed E-state index contributed by atoms with van der Waals surface area (Å²) < 4.78 is 14.0. The molecule has 2 aromatic rings. The van der Waals surface area contributed by atoms with Gasteiger partial charge in [-0.3, -0.25) is 0 Å². The van der Waals surface area contributed by atoms with Gasteiger partial charge in [0.05, 0.1) is 6.04 Å². The summed E-state index contributed by atoms with van der Waals surface area (Å²) in [7, 11) is 0. The quantitative estimate of drug-likeness (QED) is 0.864. The third-order valence-corrected chi connectivity index (χ3v) is 3.89. The van der Waals surface area contributed by atoms with Crippen molar-refractivity contribution in [2.75, 3.05) is 6.54 Å². The van der Waals surface area contributed by atoms with Crippen molar-refractivity contribution >= 4 is 0 Å². The van der Waals surface area contributed by atoms with Crippen LogP contribution in [0.5, 0.6) is 0 Å². The minimum Gasteiger partial charge on any atom is -0.306 e. The number of benzene rings is 2.